The number of benzene rings is 3. The maximum Gasteiger partial charge on any atom is 0.336 e. The van der Waals surface area contributed by atoms with E-state index in [-0.39, 0.29) is 23.4 Å². The molecule has 0 saturated carbocycles. The molecule has 0 saturated heterocycles. The number of hydrogen-bond donors (Lipinski definition) is 1. The van der Waals surface area contributed by atoms with Gasteiger partial charge >= 0.3 is 5.97 Å². The van der Waals surface area contributed by atoms with E-state index in [0.29, 0.717) is 27.9 Å². The fourth-order valence-corrected chi connectivity index (χ4v) is 4.03. The van der Waals surface area contributed by atoms with Gasteiger partial charge in [-0.15, -0.1) is 0 Å². The van der Waals surface area contributed by atoms with Crippen molar-refractivity contribution >= 4 is 40.1 Å². The van der Waals surface area contributed by atoms with E-state index in [1.54, 1.807) is 49.6 Å². The molecule has 1 heterocycles. The Morgan fingerprint density at radius 2 is 1.66 bits per heavy atom. The fraction of sp³-hybridized carbons (Fsp3) is 0.120. The second-order valence-electron chi connectivity index (χ2n) is 7.35. The Labute approximate surface area is 189 Å². The van der Waals surface area contributed by atoms with Gasteiger partial charge in [0.15, 0.2) is 5.78 Å². The van der Waals surface area contributed by atoms with Crippen molar-refractivity contribution in [3.05, 3.63) is 94.6 Å². The van der Waals surface area contributed by atoms with Gasteiger partial charge in [0, 0.05) is 17.6 Å². The summed E-state index contributed by atoms with van der Waals surface area (Å²) in [7, 11) is 1.56. The zero-order valence-corrected chi connectivity index (χ0v) is 18.3. The van der Waals surface area contributed by atoms with E-state index < -0.39 is 5.97 Å². The summed E-state index contributed by atoms with van der Waals surface area (Å²) in [6.45, 7) is 1.93. The number of aryl methyl sites for hydroxylation is 1. The van der Waals surface area contributed by atoms with Gasteiger partial charge in [-0.2, -0.15) is 8.75 Å². The number of methoxy groups -OCH3 is 1. The summed E-state index contributed by atoms with van der Waals surface area (Å²) in [5, 5.41) is 10.2. The molecule has 0 spiro atoms. The molecule has 7 heteroatoms. The molecular weight excluding hydrogens is 424 g/mol. The molecule has 160 valence electrons. The highest BCUT2D eigenvalue weighted by molar-refractivity contribution is 7.00. The maximum atomic E-state index is 13.6. The number of carbonyl (C=O) groups excluding carboxylic acids is 1. The predicted octanol–water partition coefficient (Wildman–Crippen LogP) is 4.97. The van der Waals surface area contributed by atoms with Gasteiger partial charge in [0.2, 0.25) is 0 Å². The first-order valence-electron chi connectivity index (χ1n) is 9.89. The van der Waals surface area contributed by atoms with Gasteiger partial charge in [0.25, 0.3) is 0 Å². The molecular formula is C25H20N2O4S. The van der Waals surface area contributed by atoms with Crippen LogP contribution in [-0.2, 0) is 11.2 Å². The van der Waals surface area contributed by atoms with Crippen LogP contribution in [0.2, 0.25) is 0 Å². The van der Waals surface area contributed by atoms with Gasteiger partial charge in [-0.25, -0.2) is 4.79 Å². The van der Waals surface area contributed by atoms with Gasteiger partial charge in [0.1, 0.15) is 16.8 Å². The van der Waals surface area contributed by atoms with Crippen molar-refractivity contribution in [1.82, 2.24) is 8.75 Å². The molecule has 0 aliphatic carbocycles. The smallest absolute Gasteiger partial charge is 0.336 e. The van der Waals surface area contributed by atoms with Crippen LogP contribution in [0.25, 0.3) is 16.6 Å². The number of aromatic nitrogens is 2. The molecule has 1 aromatic heterocycles. The van der Waals surface area contributed by atoms with Crippen molar-refractivity contribution in [2.24, 2.45) is 0 Å². The molecule has 6 nitrogen and oxygen atoms in total. The molecule has 32 heavy (non-hydrogen) atoms. The van der Waals surface area contributed by atoms with E-state index in [1.165, 1.54) is 0 Å². The molecule has 0 fully saturated rings. The summed E-state index contributed by atoms with van der Waals surface area (Å²) in [5.74, 6) is -0.871. The van der Waals surface area contributed by atoms with Gasteiger partial charge < -0.3 is 9.84 Å². The average Bonchev–Trinajstić information content (AvgIpc) is 3.26. The number of carboxylic acids is 1. The van der Waals surface area contributed by atoms with Crippen LogP contribution < -0.4 is 4.74 Å². The molecule has 0 bridgehead atoms. The van der Waals surface area contributed by atoms with Gasteiger partial charge in [-0.05, 0) is 42.3 Å². The van der Waals surface area contributed by atoms with Crippen LogP contribution in [0.5, 0.6) is 5.75 Å². The second kappa shape index (κ2) is 9.11. The number of fused-ring (bicyclic) bond motifs is 1. The lowest BCUT2D eigenvalue weighted by atomic mass is 9.89. The summed E-state index contributed by atoms with van der Waals surface area (Å²) in [4.78, 5) is 26.0. The first-order chi connectivity index (χ1) is 15.5. The summed E-state index contributed by atoms with van der Waals surface area (Å²) >= 11 is 1.06. The third-order valence-electron chi connectivity index (χ3n) is 5.16. The van der Waals surface area contributed by atoms with Gasteiger partial charge in [-0.1, -0.05) is 48.0 Å². The Balaban J connectivity index is 1.91. The van der Waals surface area contributed by atoms with E-state index in [9.17, 15) is 14.7 Å². The molecule has 0 aliphatic heterocycles. The van der Waals surface area contributed by atoms with E-state index in [2.05, 4.69) is 8.75 Å². The zero-order chi connectivity index (χ0) is 22.7. The summed E-state index contributed by atoms with van der Waals surface area (Å²) in [6, 6.07) is 19.4. The molecule has 0 aliphatic rings. The minimum absolute atomic E-state index is 0.0479. The summed E-state index contributed by atoms with van der Waals surface area (Å²) < 4.78 is 13.7. The number of Topliss-reactive ketones (excluding diaryl/α,β-unsaturated/α-hetero) is 1. The minimum atomic E-state index is -1.18. The Kier molecular flexibility index (Phi) is 6.09. The van der Waals surface area contributed by atoms with E-state index in [4.69, 9.17) is 4.74 Å². The molecule has 0 atom stereocenters. The quantitative estimate of drug-likeness (QED) is 0.320. The highest BCUT2D eigenvalue weighted by Crippen LogP contribution is 2.28. The summed E-state index contributed by atoms with van der Waals surface area (Å²) in [5.41, 5.74) is 4.05. The predicted molar refractivity (Wildman–Crippen MR) is 124 cm³/mol. The zero-order valence-electron chi connectivity index (χ0n) is 17.5. The van der Waals surface area contributed by atoms with Crippen molar-refractivity contribution in [1.29, 1.82) is 0 Å². The first kappa shape index (κ1) is 21.4. The third-order valence-corrected chi connectivity index (χ3v) is 5.72. The first-order valence-corrected chi connectivity index (χ1v) is 10.6. The monoisotopic (exact) mass is 444 g/mol. The Morgan fingerprint density at radius 3 is 2.38 bits per heavy atom. The number of carbonyl (C=O) groups is 2. The fourth-order valence-electron chi connectivity index (χ4n) is 3.51. The molecule has 0 amide bonds. The van der Waals surface area contributed by atoms with Crippen LogP contribution in [0, 0.1) is 6.92 Å². The van der Waals surface area contributed by atoms with Crippen LogP contribution in [0.3, 0.4) is 0 Å². The Morgan fingerprint density at radius 1 is 0.938 bits per heavy atom. The average molecular weight is 445 g/mol. The number of carboxylic acid groups (broad SMARTS) is 1. The molecule has 4 aromatic rings. The second-order valence-corrected chi connectivity index (χ2v) is 7.88. The number of aliphatic carboxylic acids is 1. The molecule has 3 aromatic carbocycles. The lowest BCUT2D eigenvalue weighted by Crippen LogP contribution is -2.14. The number of nitrogens with zero attached hydrogens (tertiary/aromatic N) is 2. The third kappa shape index (κ3) is 4.43. The van der Waals surface area contributed by atoms with E-state index in [0.717, 1.165) is 22.9 Å². The van der Waals surface area contributed by atoms with Gasteiger partial charge in [0.05, 0.1) is 24.4 Å². The largest absolute Gasteiger partial charge is 0.497 e. The normalized spacial score (nSPS) is 11.8. The van der Waals surface area contributed by atoms with Crippen molar-refractivity contribution in [2.45, 2.75) is 13.3 Å². The lowest BCUT2D eigenvalue weighted by molar-refractivity contribution is -0.130. The van der Waals surface area contributed by atoms with Gasteiger partial charge in [-0.3, -0.25) is 4.79 Å². The molecule has 0 radical (unpaired) electrons. The van der Waals surface area contributed by atoms with E-state index in [1.807, 2.05) is 31.2 Å². The molecule has 4 rings (SSSR count). The summed E-state index contributed by atoms with van der Waals surface area (Å²) in [6.07, 6.45) is 0.138. The maximum absolute atomic E-state index is 13.6. The van der Waals surface area contributed by atoms with Crippen LogP contribution in [0.4, 0.5) is 0 Å². The number of hydrogen-bond acceptors (Lipinski definition) is 6. The van der Waals surface area contributed by atoms with Crippen LogP contribution in [0.1, 0.15) is 27.0 Å². The number of rotatable bonds is 7. The van der Waals surface area contributed by atoms with Crippen LogP contribution in [0.15, 0.2) is 72.3 Å². The SMILES string of the molecule is COc1cccc(C/C(C(=O)c2ccc(C)cc2)=C(\C(=O)O)c2ccc3nsnc3c2)c1. The topological polar surface area (TPSA) is 89.4 Å². The highest BCUT2D eigenvalue weighted by atomic mass is 32.1. The Hall–Kier alpha value is -3.84. The number of allylic oxidation sites excluding steroid dienone is 1. The standard InChI is InChI=1S/C25H20N2O4S/c1-15-6-8-17(9-7-15)24(28)20(13-16-4-3-5-19(12-16)31-2)23(25(29)30)18-10-11-21-22(14-18)27-32-26-21/h3-12,14H,13H2,1-2H3,(H,29,30)/b23-20+. The molecule has 1 N–H and O–H groups in total. The molecule has 0 unspecified atom stereocenters. The van der Waals surface area contributed by atoms with Crippen molar-refractivity contribution in [3.8, 4) is 5.75 Å². The van der Waals surface area contributed by atoms with Crippen LogP contribution in [-0.4, -0.2) is 32.7 Å². The lowest BCUT2D eigenvalue weighted by Gasteiger charge is -2.14. The van der Waals surface area contributed by atoms with Crippen LogP contribution >= 0.6 is 11.7 Å². The number of ketones is 1. The minimum Gasteiger partial charge on any atom is -0.497 e. The van der Waals surface area contributed by atoms with Crippen molar-refractivity contribution in [2.75, 3.05) is 7.11 Å². The van der Waals surface area contributed by atoms with Crippen molar-refractivity contribution in [3.63, 3.8) is 0 Å². The van der Waals surface area contributed by atoms with E-state index >= 15 is 0 Å². The Bertz CT molecular complexity index is 1340. The number of ether oxygens (including phenoxy) is 1. The van der Waals surface area contributed by atoms with Crippen molar-refractivity contribution < 1.29 is 19.4 Å². The highest BCUT2D eigenvalue weighted by Gasteiger charge is 2.24.